The van der Waals surface area contributed by atoms with Gasteiger partial charge in [0.25, 0.3) is 0 Å². The fourth-order valence-corrected chi connectivity index (χ4v) is 3.92. The number of phenolic OH excluding ortho intramolecular Hbond substituents is 4. The van der Waals surface area contributed by atoms with Gasteiger partial charge in [0.15, 0.2) is 23.0 Å². The third-order valence-electron chi connectivity index (χ3n) is 5.36. The zero-order chi connectivity index (χ0) is 23.7. The summed E-state index contributed by atoms with van der Waals surface area (Å²) >= 11 is 0. The second kappa shape index (κ2) is 8.58. The van der Waals surface area contributed by atoms with Crippen LogP contribution in [0.4, 0.5) is 0 Å². The molecule has 2 aromatic carbocycles. The Kier molecular flexibility index (Phi) is 6.06. The molecule has 0 aromatic heterocycles. The van der Waals surface area contributed by atoms with Crippen molar-refractivity contribution in [2.75, 3.05) is 28.4 Å². The van der Waals surface area contributed by atoms with E-state index < -0.39 is 46.8 Å². The first-order valence-corrected chi connectivity index (χ1v) is 9.30. The Morgan fingerprint density at radius 1 is 0.812 bits per heavy atom. The van der Waals surface area contributed by atoms with Gasteiger partial charge in [0.1, 0.15) is 17.4 Å². The second-order valence-electron chi connectivity index (χ2n) is 6.93. The zero-order valence-corrected chi connectivity index (χ0v) is 17.7. The van der Waals surface area contributed by atoms with Crippen LogP contribution in [0.5, 0.6) is 34.5 Å². The molecule has 10 nitrogen and oxygen atoms in total. The molecule has 0 bridgehead atoms. The predicted molar refractivity (Wildman–Crippen MR) is 110 cm³/mol. The Labute approximate surface area is 182 Å². The van der Waals surface area contributed by atoms with Gasteiger partial charge in [0, 0.05) is 34.7 Å². The first-order valence-electron chi connectivity index (χ1n) is 9.30. The maximum atomic E-state index is 12.9. The zero-order valence-electron chi connectivity index (χ0n) is 17.7. The number of carbonyl (C=O) groups is 2. The van der Waals surface area contributed by atoms with Gasteiger partial charge in [-0.3, -0.25) is 4.79 Å². The lowest BCUT2D eigenvalue weighted by molar-refractivity contribution is -0.147. The highest BCUT2D eigenvalue weighted by atomic mass is 16.5. The molecule has 0 aliphatic heterocycles. The first kappa shape index (κ1) is 22.6. The molecule has 32 heavy (non-hydrogen) atoms. The lowest BCUT2D eigenvalue weighted by Gasteiger charge is -2.34. The third-order valence-corrected chi connectivity index (χ3v) is 5.36. The minimum absolute atomic E-state index is 0.0216. The quantitative estimate of drug-likeness (QED) is 0.396. The summed E-state index contributed by atoms with van der Waals surface area (Å²) in [5.74, 6) is -6.26. The van der Waals surface area contributed by atoms with Crippen molar-refractivity contribution in [3.63, 3.8) is 0 Å². The molecule has 0 saturated carbocycles. The van der Waals surface area contributed by atoms with Gasteiger partial charge < -0.3 is 39.4 Å². The average molecular weight is 446 g/mol. The number of ether oxygens (including phenoxy) is 4. The van der Waals surface area contributed by atoms with E-state index in [1.807, 2.05) is 0 Å². The minimum Gasteiger partial charge on any atom is -0.504 e. The van der Waals surface area contributed by atoms with Gasteiger partial charge in [-0.2, -0.15) is 0 Å². The van der Waals surface area contributed by atoms with Gasteiger partial charge in [-0.15, -0.1) is 0 Å². The van der Waals surface area contributed by atoms with E-state index in [9.17, 15) is 30.0 Å². The number of esters is 2. The van der Waals surface area contributed by atoms with Crippen LogP contribution in [-0.2, 0) is 19.1 Å². The first-order chi connectivity index (χ1) is 15.2. The van der Waals surface area contributed by atoms with Gasteiger partial charge in [0.2, 0.25) is 0 Å². The molecular weight excluding hydrogens is 424 g/mol. The van der Waals surface area contributed by atoms with E-state index in [-0.39, 0.29) is 33.8 Å². The van der Waals surface area contributed by atoms with Crippen molar-refractivity contribution >= 4 is 18.0 Å². The average Bonchev–Trinajstić information content (AvgIpc) is 2.80. The summed E-state index contributed by atoms with van der Waals surface area (Å²) in [5, 5.41) is 41.2. The number of methoxy groups -OCH3 is 4. The molecule has 2 atom stereocenters. The largest absolute Gasteiger partial charge is 0.504 e. The highest BCUT2D eigenvalue weighted by molar-refractivity contribution is 6.03. The van der Waals surface area contributed by atoms with Crippen LogP contribution in [0.2, 0.25) is 0 Å². The Balaban J connectivity index is 2.50. The molecule has 4 N–H and O–H groups in total. The highest BCUT2D eigenvalue weighted by Gasteiger charge is 2.46. The number of fused-ring (bicyclic) bond motifs is 1. The molecule has 1 aliphatic carbocycles. The molecule has 0 amide bonds. The van der Waals surface area contributed by atoms with Gasteiger partial charge in [-0.05, 0) is 12.1 Å². The van der Waals surface area contributed by atoms with Crippen molar-refractivity contribution in [1.29, 1.82) is 0 Å². The van der Waals surface area contributed by atoms with Crippen LogP contribution < -0.4 is 9.47 Å². The number of hydrogen-bond acceptors (Lipinski definition) is 10. The highest BCUT2D eigenvalue weighted by Crippen LogP contribution is 2.54. The molecule has 2 unspecified atom stereocenters. The van der Waals surface area contributed by atoms with Gasteiger partial charge in [-0.1, -0.05) is 0 Å². The molecule has 2 aromatic rings. The molecule has 0 radical (unpaired) electrons. The normalized spacial score (nSPS) is 17.1. The molecule has 170 valence electrons. The fraction of sp³-hybridized carbons (Fsp3) is 0.273. The van der Waals surface area contributed by atoms with Crippen LogP contribution >= 0.6 is 0 Å². The molecule has 3 rings (SSSR count). The van der Waals surface area contributed by atoms with Crippen LogP contribution in [0.3, 0.4) is 0 Å². The van der Waals surface area contributed by atoms with Crippen molar-refractivity contribution in [3.8, 4) is 34.5 Å². The predicted octanol–water partition coefficient (Wildman–Crippen LogP) is 2.02. The van der Waals surface area contributed by atoms with E-state index in [0.717, 1.165) is 32.4 Å². The Morgan fingerprint density at radius 3 is 1.97 bits per heavy atom. The monoisotopic (exact) mass is 446 g/mol. The van der Waals surface area contributed by atoms with Crippen LogP contribution in [-0.4, -0.2) is 60.8 Å². The van der Waals surface area contributed by atoms with Crippen LogP contribution in [0.25, 0.3) is 6.08 Å². The van der Waals surface area contributed by atoms with Crippen molar-refractivity contribution in [2.24, 2.45) is 5.92 Å². The summed E-state index contributed by atoms with van der Waals surface area (Å²) in [7, 11) is 4.89. The van der Waals surface area contributed by atoms with Crippen molar-refractivity contribution in [1.82, 2.24) is 0 Å². The Hall–Kier alpha value is -4.08. The number of rotatable bonds is 5. The lowest BCUT2D eigenvalue weighted by atomic mass is 9.70. The summed E-state index contributed by atoms with van der Waals surface area (Å²) in [6.07, 6.45) is 1.31. The smallest absolute Gasteiger partial charge is 0.334 e. The Bertz CT molecular complexity index is 1120. The molecule has 0 spiro atoms. The number of aromatic hydroxyl groups is 4. The van der Waals surface area contributed by atoms with E-state index in [1.165, 1.54) is 20.3 Å². The molecule has 1 aliphatic rings. The van der Waals surface area contributed by atoms with Crippen molar-refractivity contribution < 1.29 is 49.0 Å². The molecule has 0 fully saturated rings. The standard InChI is InChI=1S/C22H22O10/c1-29-15-7-13(24)12(23)6-10(15)17-18-9(16(30-2)8-14(25)20(18)26)5-11(21(27)31-3)19(17)22(28)32-4/h5-8,17,19,23-26H,1-4H3. The van der Waals surface area contributed by atoms with Crippen molar-refractivity contribution in [3.05, 3.63) is 40.5 Å². The van der Waals surface area contributed by atoms with Gasteiger partial charge >= 0.3 is 11.9 Å². The van der Waals surface area contributed by atoms with E-state index in [2.05, 4.69) is 0 Å². The maximum Gasteiger partial charge on any atom is 0.334 e. The number of phenols is 4. The summed E-state index contributed by atoms with van der Waals surface area (Å²) in [4.78, 5) is 25.5. The fourth-order valence-electron chi connectivity index (χ4n) is 3.92. The van der Waals surface area contributed by atoms with E-state index in [0.29, 0.717) is 0 Å². The van der Waals surface area contributed by atoms with Crippen LogP contribution in [0.15, 0.2) is 23.8 Å². The van der Waals surface area contributed by atoms with Crippen LogP contribution in [0, 0.1) is 5.92 Å². The van der Waals surface area contributed by atoms with Crippen LogP contribution in [0.1, 0.15) is 22.6 Å². The van der Waals surface area contributed by atoms with E-state index >= 15 is 0 Å². The number of benzene rings is 2. The lowest BCUT2D eigenvalue weighted by Crippen LogP contribution is -2.33. The summed E-state index contributed by atoms with van der Waals surface area (Å²) in [6, 6.07) is 3.40. The second-order valence-corrected chi connectivity index (χ2v) is 6.93. The minimum atomic E-state index is -1.37. The summed E-state index contributed by atoms with van der Waals surface area (Å²) in [6.45, 7) is 0. The van der Waals surface area contributed by atoms with E-state index in [4.69, 9.17) is 18.9 Å². The van der Waals surface area contributed by atoms with Crippen molar-refractivity contribution in [2.45, 2.75) is 5.92 Å². The topological polar surface area (TPSA) is 152 Å². The molecular formula is C22H22O10. The Morgan fingerprint density at radius 2 is 1.41 bits per heavy atom. The maximum absolute atomic E-state index is 12.9. The van der Waals surface area contributed by atoms with Gasteiger partial charge in [0.05, 0.1) is 34.0 Å². The van der Waals surface area contributed by atoms with E-state index in [1.54, 1.807) is 0 Å². The van der Waals surface area contributed by atoms with Gasteiger partial charge in [-0.25, -0.2) is 4.79 Å². The molecule has 0 saturated heterocycles. The molecule has 10 heteroatoms. The summed E-state index contributed by atoms with van der Waals surface area (Å²) in [5.41, 5.74) is 0.225. The third kappa shape index (κ3) is 3.49. The molecule has 0 heterocycles. The number of carbonyl (C=O) groups excluding carboxylic acids is 2. The number of hydrogen-bond donors (Lipinski definition) is 4. The SMILES string of the molecule is COC(=O)C1=Cc2c(OC)cc(O)c(O)c2C(c2cc(O)c(O)cc2OC)C1C(=O)OC. The summed E-state index contributed by atoms with van der Waals surface area (Å²) < 4.78 is 20.4.